The van der Waals surface area contributed by atoms with Crippen LogP contribution in [-0.2, 0) is 17.6 Å². The van der Waals surface area contributed by atoms with Gasteiger partial charge in [-0.25, -0.2) is 0 Å². The van der Waals surface area contributed by atoms with Gasteiger partial charge in [-0.15, -0.1) is 0 Å². The standard InChI is InChI=1S/C18H18N2O4/c21-18(19-15-6-8-16(9-7-15)20(22)23)12-24-17-10-5-13-3-1-2-4-14(13)11-17/h5-11H,1-4,12H2,(H,19,21). The molecule has 0 aliphatic heterocycles. The van der Waals surface area contributed by atoms with Gasteiger partial charge in [0, 0.05) is 17.8 Å². The molecular weight excluding hydrogens is 308 g/mol. The van der Waals surface area contributed by atoms with E-state index in [1.54, 1.807) is 0 Å². The smallest absolute Gasteiger partial charge is 0.269 e. The van der Waals surface area contributed by atoms with Crippen LogP contribution < -0.4 is 10.1 Å². The average Bonchev–Trinajstić information content (AvgIpc) is 2.60. The number of fused-ring (bicyclic) bond motifs is 1. The van der Waals surface area contributed by atoms with E-state index in [1.807, 2.05) is 12.1 Å². The van der Waals surface area contributed by atoms with Crippen LogP contribution in [0.25, 0.3) is 0 Å². The van der Waals surface area contributed by atoms with Crippen LogP contribution in [0, 0.1) is 10.1 Å². The fourth-order valence-corrected chi connectivity index (χ4v) is 2.81. The molecule has 1 aliphatic carbocycles. The van der Waals surface area contributed by atoms with E-state index in [1.165, 1.54) is 48.2 Å². The number of nitrogens with one attached hydrogen (secondary N) is 1. The molecule has 0 unspecified atom stereocenters. The molecule has 0 saturated carbocycles. The van der Waals surface area contributed by atoms with Gasteiger partial charge in [0.25, 0.3) is 11.6 Å². The number of nitrogens with zero attached hydrogens (tertiary/aromatic N) is 1. The molecule has 6 nitrogen and oxygen atoms in total. The van der Waals surface area contributed by atoms with Crippen molar-refractivity contribution in [3.63, 3.8) is 0 Å². The Morgan fingerprint density at radius 3 is 2.50 bits per heavy atom. The number of anilines is 1. The summed E-state index contributed by atoms with van der Waals surface area (Å²) in [4.78, 5) is 22.0. The molecule has 3 rings (SSSR count). The topological polar surface area (TPSA) is 81.5 Å². The highest BCUT2D eigenvalue weighted by atomic mass is 16.6. The molecule has 2 aromatic carbocycles. The maximum Gasteiger partial charge on any atom is 0.269 e. The molecule has 0 heterocycles. The molecule has 0 radical (unpaired) electrons. The van der Waals surface area contributed by atoms with Crippen molar-refractivity contribution in [2.75, 3.05) is 11.9 Å². The first-order chi connectivity index (χ1) is 11.6. The van der Waals surface area contributed by atoms with Gasteiger partial charge in [0.2, 0.25) is 0 Å². The van der Waals surface area contributed by atoms with Crippen LogP contribution in [0.3, 0.4) is 0 Å². The molecule has 0 saturated heterocycles. The van der Waals surface area contributed by atoms with Gasteiger partial charge in [-0.3, -0.25) is 14.9 Å². The minimum Gasteiger partial charge on any atom is -0.484 e. The number of ether oxygens (including phenoxy) is 1. The first-order valence-electron chi connectivity index (χ1n) is 7.91. The van der Waals surface area contributed by atoms with Gasteiger partial charge in [0.05, 0.1) is 4.92 Å². The number of non-ortho nitro benzene ring substituents is 1. The molecule has 0 aromatic heterocycles. The largest absolute Gasteiger partial charge is 0.484 e. The Morgan fingerprint density at radius 2 is 1.79 bits per heavy atom. The molecule has 0 spiro atoms. The molecule has 24 heavy (non-hydrogen) atoms. The summed E-state index contributed by atoms with van der Waals surface area (Å²) >= 11 is 0. The van der Waals surface area contributed by atoms with E-state index < -0.39 is 4.92 Å². The Hall–Kier alpha value is -2.89. The van der Waals surface area contributed by atoms with E-state index in [-0.39, 0.29) is 18.2 Å². The molecule has 6 heteroatoms. The lowest BCUT2D eigenvalue weighted by atomic mass is 9.92. The monoisotopic (exact) mass is 326 g/mol. The second kappa shape index (κ2) is 7.12. The van der Waals surface area contributed by atoms with E-state index in [0.29, 0.717) is 11.4 Å². The lowest BCUT2D eigenvalue weighted by molar-refractivity contribution is -0.384. The van der Waals surface area contributed by atoms with Gasteiger partial charge in [-0.2, -0.15) is 0 Å². The van der Waals surface area contributed by atoms with Gasteiger partial charge >= 0.3 is 0 Å². The van der Waals surface area contributed by atoms with Crippen molar-refractivity contribution in [1.82, 2.24) is 0 Å². The van der Waals surface area contributed by atoms with Gasteiger partial charge in [-0.1, -0.05) is 6.07 Å². The number of nitro groups is 1. The van der Waals surface area contributed by atoms with Crippen molar-refractivity contribution in [2.24, 2.45) is 0 Å². The summed E-state index contributed by atoms with van der Waals surface area (Å²) in [7, 11) is 0. The second-order valence-electron chi connectivity index (χ2n) is 5.78. The predicted molar refractivity (Wildman–Crippen MR) is 90.3 cm³/mol. The van der Waals surface area contributed by atoms with Crippen molar-refractivity contribution < 1.29 is 14.5 Å². The summed E-state index contributed by atoms with van der Waals surface area (Å²) in [5, 5.41) is 13.2. The van der Waals surface area contributed by atoms with E-state index in [2.05, 4.69) is 11.4 Å². The molecule has 0 bridgehead atoms. The number of aryl methyl sites for hydroxylation is 2. The number of carbonyl (C=O) groups is 1. The molecule has 0 atom stereocenters. The van der Waals surface area contributed by atoms with Crippen molar-refractivity contribution >= 4 is 17.3 Å². The highest BCUT2D eigenvalue weighted by Crippen LogP contribution is 2.25. The predicted octanol–water partition coefficient (Wildman–Crippen LogP) is 3.49. The molecule has 1 aliphatic rings. The van der Waals surface area contributed by atoms with E-state index >= 15 is 0 Å². The van der Waals surface area contributed by atoms with Gasteiger partial charge in [0.15, 0.2) is 6.61 Å². The van der Waals surface area contributed by atoms with Crippen molar-refractivity contribution in [1.29, 1.82) is 0 Å². The number of carbonyl (C=O) groups excluding carboxylic acids is 1. The van der Waals surface area contributed by atoms with Crippen LogP contribution in [0.4, 0.5) is 11.4 Å². The summed E-state index contributed by atoms with van der Waals surface area (Å²) in [6.07, 6.45) is 4.58. The third-order valence-electron chi connectivity index (χ3n) is 4.05. The minimum atomic E-state index is -0.481. The maximum absolute atomic E-state index is 11.9. The van der Waals surface area contributed by atoms with Crippen LogP contribution in [0.2, 0.25) is 0 Å². The van der Waals surface area contributed by atoms with E-state index in [0.717, 1.165) is 12.8 Å². The second-order valence-corrected chi connectivity index (χ2v) is 5.78. The quantitative estimate of drug-likeness (QED) is 0.673. The van der Waals surface area contributed by atoms with Crippen LogP contribution >= 0.6 is 0 Å². The molecule has 2 aromatic rings. The highest BCUT2D eigenvalue weighted by molar-refractivity contribution is 5.91. The van der Waals surface area contributed by atoms with E-state index in [9.17, 15) is 14.9 Å². The summed E-state index contributed by atoms with van der Waals surface area (Å²) < 4.78 is 5.55. The zero-order valence-electron chi connectivity index (χ0n) is 13.2. The van der Waals surface area contributed by atoms with Crippen LogP contribution in [0.15, 0.2) is 42.5 Å². The Balaban J connectivity index is 1.54. The fourth-order valence-electron chi connectivity index (χ4n) is 2.81. The van der Waals surface area contributed by atoms with Gasteiger partial charge in [0.1, 0.15) is 5.75 Å². The summed E-state index contributed by atoms with van der Waals surface area (Å²) in [5.41, 5.74) is 3.15. The minimum absolute atomic E-state index is 0.0155. The third kappa shape index (κ3) is 3.90. The first kappa shape index (κ1) is 16.0. The lowest BCUT2D eigenvalue weighted by Gasteiger charge is -2.16. The molecule has 124 valence electrons. The Morgan fingerprint density at radius 1 is 1.08 bits per heavy atom. The highest BCUT2D eigenvalue weighted by Gasteiger charge is 2.11. The number of nitro benzene ring substituents is 1. The number of amides is 1. The molecule has 1 amide bonds. The van der Waals surface area contributed by atoms with Gasteiger partial charge < -0.3 is 10.1 Å². The number of hydrogen-bond acceptors (Lipinski definition) is 4. The summed E-state index contributed by atoms with van der Waals surface area (Å²) in [5.74, 6) is 0.385. The van der Waals surface area contributed by atoms with Crippen LogP contribution in [0.1, 0.15) is 24.0 Å². The first-order valence-corrected chi connectivity index (χ1v) is 7.91. The lowest BCUT2D eigenvalue weighted by Crippen LogP contribution is -2.20. The van der Waals surface area contributed by atoms with Gasteiger partial charge in [-0.05, 0) is 61.1 Å². The molecule has 1 N–H and O–H groups in total. The average molecular weight is 326 g/mol. The Kier molecular flexibility index (Phi) is 4.74. The fraction of sp³-hybridized carbons (Fsp3) is 0.278. The van der Waals surface area contributed by atoms with Crippen molar-refractivity contribution in [3.8, 4) is 5.75 Å². The Labute approximate surface area is 139 Å². The molecule has 0 fully saturated rings. The SMILES string of the molecule is O=C(COc1ccc2c(c1)CCCC2)Nc1ccc([N+](=O)[O-])cc1. The third-order valence-corrected chi connectivity index (χ3v) is 4.05. The Bertz CT molecular complexity index is 756. The number of rotatable bonds is 5. The summed E-state index contributed by atoms with van der Waals surface area (Å²) in [6, 6.07) is 11.7. The number of benzene rings is 2. The van der Waals surface area contributed by atoms with E-state index in [4.69, 9.17) is 4.74 Å². The molecular formula is C18H18N2O4. The zero-order valence-corrected chi connectivity index (χ0v) is 13.2. The summed E-state index contributed by atoms with van der Waals surface area (Å²) in [6.45, 7) is -0.101. The van der Waals surface area contributed by atoms with Crippen molar-refractivity contribution in [3.05, 3.63) is 63.7 Å². The maximum atomic E-state index is 11.9. The number of hydrogen-bond donors (Lipinski definition) is 1. The van der Waals surface area contributed by atoms with Crippen molar-refractivity contribution in [2.45, 2.75) is 25.7 Å². The van der Waals surface area contributed by atoms with Crippen LogP contribution in [0.5, 0.6) is 5.75 Å². The van der Waals surface area contributed by atoms with Crippen LogP contribution in [-0.4, -0.2) is 17.4 Å². The zero-order chi connectivity index (χ0) is 16.9. The normalized spacial score (nSPS) is 13.0.